The third kappa shape index (κ3) is 2.96. The van der Waals surface area contributed by atoms with Crippen molar-refractivity contribution in [3.05, 3.63) is 84.3 Å². The van der Waals surface area contributed by atoms with E-state index >= 15 is 0 Å². The van der Waals surface area contributed by atoms with E-state index in [1.54, 1.807) is 0 Å². The van der Waals surface area contributed by atoms with Gasteiger partial charge in [-0.15, -0.1) is 10.2 Å². The van der Waals surface area contributed by atoms with Gasteiger partial charge in [-0.3, -0.25) is 4.40 Å². The first-order valence-electron chi connectivity index (χ1n) is 9.80. The van der Waals surface area contributed by atoms with E-state index in [0.29, 0.717) is 6.54 Å². The topological polar surface area (TPSA) is 69.1 Å². The van der Waals surface area contributed by atoms with Crippen LogP contribution < -0.4 is 5.73 Å². The van der Waals surface area contributed by atoms with Crippen molar-refractivity contribution in [3.8, 4) is 22.4 Å². The van der Waals surface area contributed by atoms with Crippen molar-refractivity contribution >= 4 is 16.6 Å². The normalized spacial score (nSPS) is 11.4. The molecule has 0 aliphatic heterocycles. The number of pyridine rings is 2. The lowest BCUT2D eigenvalue weighted by Gasteiger charge is -2.12. The second kappa shape index (κ2) is 7.11. The highest BCUT2D eigenvalue weighted by Gasteiger charge is 2.15. The summed E-state index contributed by atoms with van der Waals surface area (Å²) in [5.74, 6) is 0.949. The lowest BCUT2D eigenvalue weighted by molar-refractivity contribution is 0.910. The van der Waals surface area contributed by atoms with Crippen molar-refractivity contribution < 1.29 is 0 Å². The number of nitrogens with zero attached hydrogens (tertiary/aromatic N) is 4. The Morgan fingerprint density at radius 3 is 2.41 bits per heavy atom. The summed E-state index contributed by atoms with van der Waals surface area (Å²) in [7, 11) is 0. The number of hydrogen-bond acceptors (Lipinski definition) is 4. The summed E-state index contributed by atoms with van der Waals surface area (Å²) in [5, 5.41) is 9.78. The van der Waals surface area contributed by atoms with Gasteiger partial charge in [0, 0.05) is 35.7 Å². The van der Waals surface area contributed by atoms with E-state index in [0.717, 1.165) is 56.7 Å². The maximum Gasteiger partial charge on any atom is 0.170 e. The average Bonchev–Trinajstić information content (AvgIpc) is 3.22. The summed E-state index contributed by atoms with van der Waals surface area (Å²) in [4.78, 5) is 5.05. The molecule has 0 spiro atoms. The highest BCUT2D eigenvalue weighted by Crippen LogP contribution is 2.34. The van der Waals surface area contributed by atoms with Gasteiger partial charge >= 0.3 is 0 Å². The quantitative estimate of drug-likeness (QED) is 0.494. The minimum atomic E-state index is 0.529. The van der Waals surface area contributed by atoms with Gasteiger partial charge in [0.2, 0.25) is 0 Å². The van der Waals surface area contributed by atoms with E-state index < -0.39 is 0 Å². The van der Waals surface area contributed by atoms with E-state index in [4.69, 9.17) is 10.7 Å². The molecule has 142 valence electrons. The zero-order chi connectivity index (χ0) is 19.8. The first-order chi connectivity index (χ1) is 14.3. The van der Waals surface area contributed by atoms with Crippen molar-refractivity contribution in [1.82, 2.24) is 19.6 Å². The molecule has 0 bridgehead atoms. The van der Waals surface area contributed by atoms with E-state index in [2.05, 4.69) is 64.0 Å². The van der Waals surface area contributed by atoms with Crippen molar-refractivity contribution in [3.63, 3.8) is 0 Å². The first kappa shape index (κ1) is 17.5. The summed E-state index contributed by atoms with van der Waals surface area (Å²) in [6.07, 6.45) is 2.84. The Morgan fingerprint density at radius 2 is 1.69 bits per heavy atom. The van der Waals surface area contributed by atoms with Gasteiger partial charge in [-0.25, -0.2) is 4.98 Å². The van der Waals surface area contributed by atoms with E-state index in [1.807, 2.05) is 30.5 Å². The molecule has 0 saturated heterocycles. The van der Waals surface area contributed by atoms with Gasteiger partial charge in [-0.05, 0) is 23.3 Å². The molecule has 0 radical (unpaired) electrons. The van der Waals surface area contributed by atoms with Gasteiger partial charge in [0.15, 0.2) is 5.65 Å². The Labute approximate surface area is 168 Å². The molecule has 2 aromatic carbocycles. The highest BCUT2D eigenvalue weighted by atomic mass is 15.2. The molecule has 5 nitrogen and oxygen atoms in total. The first-order valence-corrected chi connectivity index (χ1v) is 9.80. The third-order valence-corrected chi connectivity index (χ3v) is 5.30. The Hall–Kier alpha value is -3.57. The Morgan fingerprint density at radius 1 is 0.897 bits per heavy atom. The van der Waals surface area contributed by atoms with Crippen LogP contribution in [0.25, 0.3) is 38.9 Å². The van der Waals surface area contributed by atoms with Gasteiger partial charge in [0.05, 0.1) is 11.2 Å². The fourth-order valence-electron chi connectivity index (χ4n) is 3.74. The van der Waals surface area contributed by atoms with Crippen LogP contribution >= 0.6 is 0 Å². The van der Waals surface area contributed by atoms with E-state index in [-0.39, 0.29) is 0 Å². The van der Waals surface area contributed by atoms with Crippen molar-refractivity contribution in [2.24, 2.45) is 5.73 Å². The lowest BCUT2D eigenvalue weighted by Crippen LogP contribution is -1.97. The van der Waals surface area contributed by atoms with Crippen LogP contribution in [0.15, 0.2) is 72.9 Å². The Kier molecular flexibility index (Phi) is 4.30. The molecule has 0 amide bonds. The molecular formula is C24H21N5. The minimum Gasteiger partial charge on any atom is -0.326 e. The van der Waals surface area contributed by atoms with Crippen molar-refractivity contribution in [2.45, 2.75) is 19.9 Å². The van der Waals surface area contributed by atoms with Crippen LogP contribution in [-0.4, -0.2) is 19.6 Å². The largest absolute Gasteiger partial charge is 0.326 e. The molecule has 0 saturated carbocycles. The highest BCUT2D eigenvalue weighted by molar-refractivity contribution is 5.98. The van der Waals surface area contributed by atoms with Gasteiger partial charge in [-0.1, -0.05) is 61.5 Å². The molecule has 0 aliphatic carbocycles. The standard InChI is InChI=1S/C24H21N5/c1-2-22-27-28-24-20-14-19(17-6-4-3-5-7-17)23(26-21(20)12-13-29(22)24)18-10-8-16(15-25)9-11-18/h3-14H,2,15,25H2,1H3. The molecule has 0 unspecified atom stereocenters. The van der Waals surface area contributed by atoms with Gasteiger partial charge in [-0.2, -0.15) is 0 Å². The molecular weight excluding hydrogens is 358 g/mol. The Balaban J connectivity index is 1.81. The number of aromatic nitrogens is 4. The zero-order valence-corrected chi connectivity index (χ0v) is 16.2. The van der Waals surface area contributed by atoms with Gasteiger partial charge in [0.1, 0.15) is 5.82 Å². The number of benzene rings is 2. The molecule has 3 heterocycles. The summed E-state index contributed by atoms with van der Waals surface area (Å²) in [6, 6.07) is 22.9. The molecule has 5 aromatic rings. The molecule has 0 atom stereocenters. The maximum atomic E-state index is 5.77. The number of rotatable bonds is 4. The minimum absolute atomic E-state index is 0.529. The van der Waals surface area contributed by atoms with Crippen LogP contribution in [0.1, 0.15) is 18.3 Å². The summed E-state index contributed by atoms with van der Waals surface area (Å²) < 4.78 is 2.05. The van der Waals surface area contributed by atoms with Gasteiger partial charge in [0.25, 0.3) is 0 Å². The average molecular weight is 379 g/mol. The fraction of sp³-hybridized carbons (Fsp3) is 0.125. The van der Waals surface area contributed by atoms with Gasteiger partial charge < -0.3 is 5.73 Å². The second-order valence-electron chi connectivity index (χ2n) is 7.06. The molecule has 0 aliphatic rings. The number of aryl methyl sites for hydroxylation is 1. The predicted molar refractivity (Wildman–Crippen MR) is 116 cm³/mol. The number of fused-ring (bicyclic) bond motifs is 3. The van der Waals surface area contributed by atoms with Crippen LogP contribution in [0, 0.1) is 0 Å². The van der Waals surface area contributed by atoms with Crippen molar-refractivity contribution in [2.75, 3.05) is 0 Å². The van der Waals surface area contributed by atoms with Crippen LogP contribution in [0.3, 0.4) is 0 Å². The van der Waals surface area contributed by atoms with Crippen LogP contribution in [0.5, 0.6) is 0 Å². The molecule has 5 rings (SSSR count). The SMILES string of the molecule is CCc1nnc2c3cc(-c4ccccc4)c(-c4ccc(CN)cc4)nc3ccn12. The van der Waals surface area contributed by atoms with E-state index in [9.17, 15) is 0 Å². The lowest BCUT2D eigenvalue weighted by atomic mass is 9.97. The maximum absolute atomic E-state index is 5.77. The van der Waals surface area contributed by atoms with Crippen molar-refractivity contribution in [1.29, 1.82) is 0 Å². The molecule has 3 aromatic heterocycles. The van der Waals surface area contributed by atoms with E-state index in [1.165, 1.54) is 0 Å². The summed E-state index contributed by atoms with van der Waals surface area (Å²) in [6.45, 7) is 2.62. The third-order valence-electron chi connectivity index (χ3n) is 5.30. The second-order valence-corrected chi connectivity index (χ2v) is 7.06. The van der Waals surface area contributed by atoms with Crippen LogP contribution in [0.2, 0.25) is 0 Å². The monoisotopic (exact) mass is 379 g/mol. The smallest absolute Gasteiger partial charge is 0.170 e. The number of nitrogens with two attached hydrogens (primary N) is 1. The van der Waals surface area contributed by atoms with Crippen LogP contribution in [0.4, 0.5) is 0 Å². The zero-order valence-electron chi connectivity index (χ0n) is 16.2. The summed E-state index contributed by atoms with van der Waals surface area (Å²) in [5.41, 5.74) is 12.8. The molecule has 0 fully saturated rings. The summed E-state index contributed by atoms with van der Waals surface area (Å²) >= 11 is 0. The predicted octanol–water partition coefficient (Wildman–Crippen LogP) is 4.63. The number of hydrogen-bond donors (Lipinski definition) is 1. The van der Waals surface area contributed by atoms with Crippen LogP contribution in [-0.2, 0) is 13.0 Å². The fourth-order valence-corrected chi connectivity index (χ4v) is 3.74. The molecule has 5 heteroatoms. The molecule has 29 heavy (non-hydrogen) atoms. The molecule has 2 N–H and O–H groups in total. The Bertz CT molecular complexity index is 1300.